The molecule has 1 aliphatic rings. The Morgan fingerprint density at radius 2 is 1.45 bits per heavy atom. The minimum Gasteiger partial charge on any atom is -0.463 e. The van der Waals surface area contributed by atoms with Crippen LogP contribution in [-0.4, -0.2) is 31.3 Å². The van der Waals surface area contributed by atoms with Crippen LogP contribution >= 0.6 is 0 Å². The van der Waals surface area contributed by atoms with Crippen molar-refractivity contribution in [1.82, 2.24) is 4.31 Å². The van der Waals surface area contributed by atoms with E-state index >= 15 is 0 Å². The molecule has 3 aromatic rings. The number of ether oxygens (including phenoxy) is 1. The smallest absolute Gasteiger partial charge is 0.335 e. The first-order valence-corrected chi connectivity index (χ1v) is 12.2. The minimum absolute atomic E-state index is 0.0902. The van der Waals surface area contributed by atoms with E-state index in [0.717, 1.165) is 11.1 Å². The zero-order chi connectivity index (χ0) is 23.4. The van der Waals surface area contributed by atoms with Crippen LogP contribution < -0.4 is 0 Å². The molecule has 1 heterocycles. The molecule has 2 atom stereocenters. The number of carbonyl (C=O) groups is 1. The molecule has 0 saturated carbocycles. The second-order valence-electron chi connectivity index (χ2n) is 7.66. The standard InChI is InChI=1S/C27H25NO4S/c1-3-32-27(29)20(2)26-24(21-13-7-4-8-14-21)19-25(22-15-9-5-10-16-22)28(26)33(30,31)23-17-11-6-12-18-23/h4-19,24,26H,2-3H2,1H3/t24-,26-/m0/s1. The molecule has 0 amide bonds. The van der Waals surface area contributed by atoms with E-state index in [4.69, 9.17) is 4.74 Å². The van der Waals surface area contributed by atoms with E-state index in [1.165, 1.54) is 4.31 Å². The van der Waals surface area contributed by atoms with Crippen LogP contribution in [0.4, 0.5) is 0 Å². The number of hydrogen-bond acceptors (Lipinski definition) is 4. The third-order valence-electron chi connectivity index (χ3n) is 5.62. The first-order valence-electron chi connectivity index (χ1n) is 10.7. The van der Waals surface area contributed by atoms with Crippen LogP contribution in [0.3, 0.4) is 0 Å². The number of rotatable bonds is 7. The van der Waals surface area contributed by atoms with E-state index < -0.39 is 28.0 Å². The molecule has 0 aliphatic carbocycles. The first-order chi connectivity index (χ1) is 15.9. The van der Waals surface area contributed by atoms with Crippen molar-refractivity contribution in [3.8, 4) is 0 Å². The van der Waals surface area contributed by atoms with Gasteiger partial charge in [-0.15, -0.1) is 0 Å². The van der Waals surface area contributed by atoms with Gasteiger partial charge < -0.3 is 4.74 Å². The van der Waals surface area contributed by atoms with Crippen molar-refractivity contribution in [3.63, 3.8) is 0 Å². The molecule has 0 aromatic heterocycles. The van der Waals surface area contributed by atoms with Gasteiger partial charge >= 0.3 is 5.97 Å². The highest BCUT2D eigenvalue weighted by Crippen LogP contribution is 2.45. The van der Waals surface area contributed by atoms with Crippen molar-refractivity contribution in [3.05, 3.63) is 120 Å². The van der Waals surface area contributed by atoms with Gasteiger partial charge in [0.15, 0.2) is 0 Å². The maximum absolute atomic E-state index is 14.0. The van der Waals surface area contributed by atoms with Crippen LogP contribution in [0.1, 0.15) is 24.0 Å². The monoisotopic (exact) mass is 459 g/mol. The molecule has 1 aliphatic heterocycles. The van der Waals surface area contributed by atoms with Crippen molar-refractivity contribution in [1.29, 1.82) is 0 Å². The molecule has 6 heteroatoms. The van der Waals surface area contributed by atoms with Crippen molar-refractivity contribution in [2.75, 3.05) is 6.61 Å². The van der Waals surface area contributed by atoms with Gasteiger partial charge in [-0.1, -0.05) is 85.4 Å². The maximum Gasteiger partial charge on any atom is 0.335 e. The fraction of sp³-hybridized carbons (Fsp3) is 0.148. The lowest BCUT2D eigenvalue weighted by atomic mass is 9.89. The third kappa shape index (κ3) is 4.34. The summed E-state index contributed by atoms with van der Waals surface area (Å²) in [5.74, 6) is -1.03. The highest BCUT2D eigenvalue weighted by molar-refractivity contribution is 7.89. The molecule has 33 heavy (non-hydrogen) atoms. The summed E-state index contributed by atoms with van der Waals surface area (Å²) >= 11 is 0. The van der Waals surface area contributed by atoms with Gasteiger partial charge in [0, 0.05) is 5.92 Å². The Hall–Kier alpha value is -3.64. The van der Waals surface area contributed by atoms with Gasteiger partial charge in [-0.25, -0.2) is 13.2 Å². The summed E-state index contributed by atoms with van der Waals surface area (Å²) in [4.78, 5) is 12.9. The highest BCUT2D eigenvalue weighted by Gasteiger charge is 2.46. The van der Waals surface area contributed by atoms with Gasteiger partial charge in [0.25, 0.3) is 10.0 Å². The summed E-state index contributed by atoms with van der Waals surface area (Å²) in [7, 11) is -4.02. The zero-order valence-electron chi connectivity index (χ0n) is 18.3. The van der Waals surface area contributed by atoms with E-state index in [-0.39, 0.29) is 17.1 Å². The fourth-order valence-corrected chi connectivity index (χ4v) is 5.82. The van der Waals surface area contributed by atoms with Gasteiger partial charge in [0.1, 0.15) is 0 Å². The average Bonchev–Trinajstić information content (AvgIpc) is 3.27. The topological polar surface area (TPSA) is 63.7 Å². The molecular formula is C27H25NO4S. The van der Waals surface area contributed by atoms with Gasteiger partial charge in [0.05, 0.1) is 28.8 Å². The van der Waals surface area contributed by atoms with E-state index in [9.17, 15) is 13.2 Å². The minimum atomic E-state index is -4.02. The fourth-order valence-electron chi connectivity index (χ4n) is 4.10. The largest absolute Gasteiger partial charge is 0.463 e. The van der Waals surface area contributed by atoms with Crippen LogP contribution in [-0.2, 0) is 19.6 Å². The van der Waals surface area contributed by atoms with Crippen molar-refractivity contribution < 1.29 is 17.9 Å². The van der Waals surface area contributed by atoms with Crippen LogP contribution in [0, 0.1) is 0 Å². The van der Waals surface area contributed by atoms with Crippen LogP contribution in [0.25, 0.3) is 5.70 Å². The van der Waals surface area contributed by atoms with Crippen LogP contribution in [0.5, 0.6) is 0 Å². The van der Waals surface area contributed by atoms with Crippen LogP contribution in [0.2, 0.25) is 0 Å². The molecule has 0 unspecified atom stereocenters. The predicted molar refractivity (Wildman–Crippen MR) is 129 cm³/mol. The molecule has 3 aromatic carbocycles. The predicted octanol–water partition coefficient (Wildman–Crippen LogP) is 5.00. The first kappa shape index (κ1) is 22.6. The molecule has 0 bridgehead atoms. The number of hydrogen-bond donors (Lipinski definition) is 0. The summed E-state index contributed by atoms with van der Waals surface area (Å²) in [6.07, 6.45) is 1.90. The average molecular weight is 460 g/mol. The number of esters is 1. The Morgan fingerprint density at radius 3 is 2.03 bits per heavy atom. The van der Waals surface area contributed by atoms with E-state index in [1.54, 1.807) is 37.3 Å². The van der Waals surface area contributed by atoms with Crippen LogP contribution in [0.15, 0.2) is 114 Å². The second-order valence-corrected chi connectivity index (χ2v) is 9.47. The number of sulfonamides is 1. The van der Waals surface area contributed by atoms with Crippen molar-refractivity contribution in [2.24, 2.45) is 0 Å². The van der Waals surface area contributed by atoms with E-state index in [1.807, 2.05) is 66.7 Å². The molecular weight excluding hydrogens is 434 g/mol. The Morgan fingerprint density at radius 1 is 0.909 bits per heavy atom. The lowest BCUT2D eigenvalue weighted by Crippen LogP contribution is -2.41. The van der Waals surface area contributed by atoms with Gasteiger partial charge in [-0.3, -0.25) is 4.31 Å². The van der Waals surface area contributed by atoms with Gasteiger partial charge in [-0.2, -0.15) is 0 Å². The summed E-state index contributed by atoms with van der Waals surface area (Å²) < 4.78 is 34.5. The normalized spacial score (nSPS) is 18.0. The highest BCUT2D eigenvalue weighted by atomic mass is 32.2. The Balaban J connectivity index is 1.94. The molecule has 0 radical (unpaired) electrons. The molecule has 0 fully saturated rings. The Kier molecular flexibility index (Phi) is 6.47. The summed E-state index contributed by atoms with van der Waals surface area (Å²) in [5.41, 5.74) is 2.21. The van der Waals surface area contributed by atoms with Crippen molar-refractivity contribution in [2.45, 2.75) is 23.8 Å². The number of benzene rings is 3. The molecule has 5 nitrogen and oxygen atoms in total. The molecule has 0 N–H and O–H groups in total. The van der Waals surface area contributed by atoms with Gasteiger partial charge in [-0.05, 0) is 36.3 Å². The van der Waals surface area contributed by atoms with E-state index in [0.29, 0.717) is 5.70 Å². The summed E-state index contributed by atoms with van der Waals surface area (Å²) in [6, 6.07) is 26.2. The lowest BCUT2D eigenvalue weighted by Gasteiger charge is -2.32. The molecule has 0 saturated heterocycles. The van der Waals surface area contributed by atoms with E-state index in [2.05, 4.69) is 6.58 Å². The number of nitrogens with zero attached hydrogens (tertiary/aromatic N) is 1. The Labute approximate surface area is 194 Å². The summed E-state index contributed by atoms with van der Waals surface area (Å²) in [5, 5.41) is 0. The summed E-state index contributed by atoms with van der Waals surface area (Å²) in [6.45, 7) is 5.88. The Bertz CT molecular complexity index is 1270. The molecule has 168 valence electrons. The maximum atomic E-state index is 14.0. The van der Waals surface area contributed by atoms with Gasteiger partial charge in [0.2, 0.25) is 0 Å². The SMILES string of the molecule is C=C(C(=O)OCC)[C@H]1[C@H](c2ccccc2)C=C(c2ccccc2)N1S(=O)(=O)c1ccccc1. The third-order valence-corrected chi connectivity index (χ3v) is 7.43. The quantitative estimate of drug-likeness (QED) is 0.368. The second kappa shape index (κ2) is 9.46. The molecule has 0 spiro atoms. The van der Waals surface area contributed by atoms with Crippen molar-refractivity contribution >= 4 is 21.7 Å². The lowest BCUT2D eigenvalue weighted by molar-refractivity contribution is -0.139. The molecule has 4 rings (SSSR count). The zero-order valence-corrected chi connectivity index (χ0v) is 19.1. The number of carbonyl (C=O) groups excluding carboxylic acids is 1.